The number of hydrogen-bond acceptors (Lipinski definition) is 3. The van der Waals surface area contributed by atoms with Gasteiger partial charge in [-0.05, 0) is 23.3 Å². The minimum Gasteiger partial charge on any atom is -0.441 e. The van der Waals surface area contributed by atoms with E-state index in [0.717, 1.165) is 21.2 Å². The number of nitrogens with one attached hydrogen (secondary N) is 1. The molecule has 1 heterocycles. The number of oxazole rings is 1. The van der Waals surface area contributed by atoms with Gasteiger partial charge in [0, 0.05) is 22.9 Å². The highest BCUT2D eigenvalue weighted by Crippen LogP contribution is 2.25. The highest BCUT2D eigenvalue weighted by atomic mass is 79.9. The van der Waals surface area contributed by atoms with Crippen molar-refractivity contribution in [3.8, 4) is 11.3 Å². The summed E-state index contributed by atoms with van der Waals surface area (Å²) in [7, 11) is 0. The molecular weight excluding hydrogens is 440 g/mol. The fraction of sp³-hybridized carbons (Fsp3) is 0.120. The molecule has 4 aromatic rings. The first kappa shape index (κ1) is 20.1. The summed E-state index contributed by atoms with van der Waals surface area (Å²) >= 11 is 3.46. The Balaban J connectivity index is 1.42. The molecule has 3 aromatic carbocycles. The van der Waals surface area contributed by atoms with E-state index in [-0.39, 0.29) is 11.9 Å². The second-order valence-electron chi connectivity index (χ2n) is 6.95. The molecule has 0 atom stereocenters. The molecule has 30 heavy (non-hydrogen) atoms. The van der Waals surface area contributed by atoms with E-state index < -0.39 is 0 Å². The van der Waals surface area contributed by atoms with Crippen molar-refractivity contribution in [2.24, 2.45) is 0 Å². The van der Waals surface area contributed by atoms with Crippen molar-refractivity contribution in [3.05, 3.63) is 113 Å². The fourth-order valence-electron chi connectivity index (χ4n) is 3.30. The SMILES string of the molecule is O=C(CCc1ncc(-c2cccc(Br)c2)o1)NC(c1ccccc1)c1ccccc1. The summed E-state index contributed by atoms with van der Waals surface area (Å²) in [6.07, 6.45) is 2.44. The van der Waals surface area contributed by atoms with Crippen LogP contribution in [0, 0.1) is 0 Å². The number of halogens is 1. The Bertz CT molecular complexity index is 1070. The van der Waals surface area contributed by atoms with Crippen molar-refractivity contribution < 1.29 is 9.21 Å². The minimum atomic E-state index is -0.193. The molecule has 0 unspecified atom stereocenters. The van der Waals surface area contributed by atoms with Gasteiger partial charge < -0.3 is 9.73 Å². The van der Waals surface area contributed by atoms with E-state index in [1.165, 1.54) is 0 Å². The molecule has 0 saturated heterocycles. The maximum Gasteiger partial charge on any atom is 0.221 e. The van der Waals surface area contributed by atoms with Crippen LogP contribution in [-0.4, -0.2) is 10.9 Å². The first-order valence-electron chi connectivity index (χ1n) is 9.79. The topological polar surface area (TPSA) is 55.1 Å². The van der Waals surface area contributed by atoms with E-state index >= 15 is 0 Å². The van der Waals surface area contributed by atoms with Gasteiger partial charge in [0.2, 0.25) is 5.91 Å². The highest BCUT2D eigenvalue weighted by molar-refractivity contribution is 9.10. The summed E-state index contributed by atoms with van der Waals surface area (Å²) in [5.41, 5.74) is 3.04. The summed E-state index contributed by atoms with van der Waals surface area (Å²) in [6, 6.07) is 27.6. The lowest BCUT2D eigenvalue weighted by atomic mass is 9.98. The third-order valence-electron chi connectivity index (χ3n) is 4.80. The second kappa shape index (κ2) is 9.55. The Kier molecular flexibility index (Phi) is 6.40. The van der Waals surface area contributed by atoms with Crippen LogP contribution in [0.3, 0.4) is 0 Å². The molecule has 0 saturated carbocycles. The largest absolute Gasteiger partial charge is 0.441 e. The normalized spacial score (nSPS) is 10.9. The summed E-state index contributed by atoms with van der Waals surface area (Å²) in [5, 5.41) is 3.15. The smallest absolute Gasteiger partial charge is 0.221 e. The molecule has 0 radical (unpaired) electrons. The average Bonchev–Trinajstić information content (AvgIpc) is 3.26. The van der Waals surface area contributed by atoms with Crippen molar-refractivity contribution in [1.29, 1.82) is 0 Å². The number of carbonyl (C=O) groups is 1. The summed E-state index contributed by atoms with van der Waals surface area (Å²) in [5.74, 6) is 1.20. The Labute approximate surface area is 184 Å². The summed E-state index contributed by atoms with van der Waals surface area (Å²) < 4.78 is 6.81. The summed E-state index contributed by atoms with van der Waals surface area (Å²) in [4.78, 5) is 17.0. The predicted octanol–water partition coefficient (Wildman–Crippen LogP) is 5.94. The maximum absolute atomic E-state index is 12.7. The van der Waals surface area contributed by atoms with Crippen LogP contribution < -0.4 is 5.32 Å². The zero-order chi connectivity index (χ0) is 20.8. The van der Waals surface area contributed by atoms with Crippen LogP contribution in [0.1, 0.15) is 29.5 Å². The Hall–Kier alpha value is -3.18. The van der Waals surface area contributed by atoms with Crippen LogP contribution in [0.25, 0.3) is 11.3 Å². The van der Waals surface area contributed by atoms with E-state index in [9.17, 15) is 4.79 Å². The Morgan fingerprint density at radius 3 is 2.23 bits per heavy atom. The monoisotopic (exact) mass is 460 g/mol. The number of aromatic nitrogens is 1. The van der Waals surface area contributed by atoms with Crippen LogP contribution in [0.15, 0.2) is 100 Å². The lowest BCUT2D eigenvalue weighted by Crippen LogP contribution is -2.29. The standard InChI is InChI=1S/C25H21BrN2O2/c26-21-13-7-12-20(16-21)22-17-27-24(30-22)15-14-23(29)28-25(18-8-3-1-4-9-18)19-10-5-2-6-11-19/h1-13,16-17,25H,14-15H2,(H,28,29). The lowest BCUT2D eigenvalue weighted by Gasteiger charge is -2.19. The number of nitrogens with zero attached hydrogens (tertiary/aromatic N) is 1. The second-order valence-corrected chi connectivity index (χ2v) is 7.87. The molecule has 5 heteroatoms. The van der Waals surface area contributed by atoms with Gasteiger partial charge in [0.25, 0.3) is 0 Å². The maximum atomic E-state index is 12.7. The zero-order valence-corrected chi connectivity index (χ0v) is 17.9. The van der Waals surface area contributed by atoms with Crippen molar-refractivity contribution in [2.75, 3.05) is 0 Å². The van der Waals surface area contributed by atoms with E-state index in [1.54, 1.807) is 6.20 Å². The van der Waals surface area contributed by atoms with Gasteiger partial charge in [0.05, 0.1) is 12.2 Å². The van der Waals surface area contributed by atoms with Crippen LogP contribution in [0.5, 0.6) is 0 Å². The molecule has 1 amide bonds. The van der Waals surface area contributed by atoms with Gasteiger partial charge in [-0.2, -0.15) is 0 Å². The van der Waals surface area contributed by atoms with Crippen molar-refractivity contribution in [2.45, 2.75) is 18.9 Å². The highest BCUT2D eigenvalue weighted by Gasteiger charge is 2.17. The zero-order valence-electron chi connectivity index (χ0n) is 16.3. The van der Waals surface area contributed by atoms with Gasteiger partial charge in [0.15, 0.2) is 11.7 Å². The number of benzene rings is 3. The van der Waals surface area contributed by atoms with Crippen LogP contribution in [-0.2, 0) is 11.2 Å². The van der Waals surface area contributed by atoms with Gasteiger partial charge in [-0.15, -0.1) is 0 Å². The lowest BCUT2D eigenvalue weighted by molar-refractivity contribution is -0.121. The molecule has 0 aliphatic carbocycles. The third kappa shape index (κ3) is 5.05. The quantitative estimate of drug-likeness (QED) is 0.371. The third-order valence-corrected chi connectivity index (χ3v) is 5.29. The predicted molar refractivity (Wildman–Crippen MR) is 121 cm³/mol. The number of carbonyl (C=O) groups excluding carboxylic acids is 1. The van der Waals surface area contributed by atoms with Gasteiger partial charge in [-0.25, -0.2) is 4.98 Å². The van der Waals surface area contributed by atoms with Crippen LogP contribution in [0.2, 0.25) is 0 Å². The van der Waals surface area contributed by atoms with Gasteiger partial charge in [0.1, 0.15) is 0 Å². The van der Waals surface area contributed by atoms with Gasteiger partial charge in [-0.1, -0.05) is 88.7 Å². The van der Waals surface area contributed by atoms with E-state index in [0.29, 0.717) is 24.5 Å². The Morgan fingerprint density at radius 2 is 1.60 bits per heavy atom. The van der Waals surface area contributed by atoms with E-state index in [2.05, 4.69) is 26.2 Å². The number of rotatable bonds is 7. The van der Waals surface area contributed by atoms with E-state index in [4.69, 9.17) is 4.42 Å². The molecular formula is C25H21BrN2O2. The number of hydrogen-bond donors (Lipinski definition) is 1. The van der Waals surface area contributed by atoms with Crippen LogP contribution >= 0.6 is 15.9 Å². The average molecular weight is 461 g/mol. The minimum absolute atomic E-state index is 0.0464. The summed E-state index contributed by atoms with van der Waals surface area (Å²) in [6.45, 7) is 0. The molecule has 0 aliphatic heterocycles. The number of aryl methyl sites for hydroxylation is 1. The molecule has 4 nitrogen and oxygen atoms in total. The molecule has 1 aromatic heterocycles. The number of amides is 1. The fourth-order valence-corrected chi connectivity index (χ4v) is 3.70. The Morgan fingerprint density at radius 1 is 0.933 bits per heavy atom. The van der Waals surface area contributed by atoms with Crippen molar-refractivity contribution in [3.63, 3.8) is 0 Å². The molecule has 150 valence electrons. The molecule has 0 aliphatic rings. The molecule has 0 bridgehead atoms. The van der Waals surface area contributed by atoms with Crippen molar-refractivity contribution >= 4 is 21.8 Å². The van der Waals surface area contributed by atoms with Gasteiger partial charge >= 0.3 is 0 Å². The molecule has 0 spiro atoms. The molecule has 0 fully saturated rings. The van der Waals surface area contributed by atoms with Crippen LogP contribution in [0.4, 0.5) is 0 Å². The molecule has 4 rings (SSSR count). The van der Waals surface area contributed by atoms with Crippen molar-refractivity contribution in [1.82, 2.24) is 10.3 Å². The first-order valence-corrected chi connectivity index (χ1v) is 10.6. The first-order chi connectivity index (χ1) is 14.7. The molecule has 1 N–H and O–H groups in total. The van der Waals surface area contributed by atoms with E-state index in [1.807, 2.05) is 84.9 Å². The van der Waals surface area contributed by atoms with Gasteiger partial charge in [-0.3, -0.25) is 4.79 Å².